The molecule has 0 aromatic heterocycles. The van der Waals surface area contributed by atoms with Gasteiger partial charge in [0.05, 0.1) is 5.88 Å². The van der Waals surface area contributed by atoms with Crippen LogP contribution in [0.2, 0.25) is 0 Å². The fourth-order valence-electron chi connectivity index (χ4n) is 1.33. The molecule has 100 valence electrons. The summed E-state index contributed by atoms with van der Waals surface area (Å²) in [6.07, 6.45) is -2.91. The van der Waals surface area contributed by atoms with Crippen LogP contribution in [0.3, 0.4) is 0 Å². The average Bonchev–Trinajstić information content (AvgIpc) is 2.28. The third-order valence-corrected chi connectivity index (χ3v) is 3.15. The second-order valence-electron chi connectivity index (χ2n) is 3.37. The predicted molar refractivity (Wildman–Crippen MR) is 64.3 cm³/mol. The highest BCUT2D eigenvalue weighted by Gasteiger charge is 2.31. The first kappa shape index (κ1) is 15.2. The highest BCUT2D eigenvalue weighted by atomic mass is 35.5. The van der Waals surface area contributed by atoms with Crippen LogP contribution in [0, 0.1) is 0 Å². The Morgan fingerprint density at radius 3 is 2.61 bits per heavy atom. The van der Waals surface area contributed by atoms with Gasteiger partial charge in [-0.25, -0.2) is 0 Å². The maximum Gasteiger partial charge on any atom is 0.573 e. The Morgan fingerprint density at radius 1 is 1.44 bits per heavy atom. The fourth-order valence-corrected chi connectivity index (χ4v) is 2.06. The molecule has 1 aromatic rings. The number of Topliss-reactive ketones (excluding diaryl/α,β-unsaturated/α-hetero) is 1. The van der Waals surface area contributed by atoms with Crippen molar-refractivity contribution < 1.29 is 22.7 Å². The number of alkyl halides is 4. The number of ether oxygens (including phenoxy) is 1. The summed E-state index contributed by atoms with van der Waals surface area (Å²) in [7, 11) is 0. The van der Waals surface area contributed by atoms with Crippen LogP contribution in [0.15, 0.2) is 23.1 Å². The van der Waals surface area contributed by atoms with E-state index in [2.05, 4.69) is 4.74 Å². The normalized spacial score (nSPS) is 11.4. The number of hydrogen-bond donors (Lipinski definition) is 0. The van der Waals surface area contributed by atoms with Gasteiger partial charge in [0, 0.05) is 11.3 Å². The molecule has 0 aliphatic heterocycles. The van der Waals surface area contributed by atoms with E-state index in [1.54, 1.807) is 6.26 Å². The van der Waals surface area contributed by atoms with E-state index in [9.17, 15) is 18.0 Å². The minimum Gasteiger partial charge on any atom is -0.406 e. The number of thioether (sulfide) groups is 1. The lowest BCUT2D eigenvalue weighted by atomic mass is 10.1. The quantitative estimate of drug-likeness (QED) is 0.613. The molecule has 0 fully saturated rings. The molecular formula is C11H10ClF3O2S. The van der Waals surface area contributed by atoms with Gasteiger partial charge in [-0.05, 0) is 24.0 Å². The number of halogens is 4. The van der Waals surface area contributed by atoms with Gasteiger partial charge in [-0.3, -0.25) is 4.79 Å². The molecule has 0 N–H and O–H groups in total. The Hall–Kier alpha value is -0.880. The van der Waals surface area contributed by atoms with Gasteiger partial charge in [0.25, 0.3) is 0 Å². The van der Waals surface area contributed by atoms with Crippen molar-refractivity contribution in [3.8, 4) is 5.75 Å². The van der Waals surface area contributed by atoms with Crippen LogP contribution >= 0.6 is 23.4 Å². The molecule has 0 bridgehead atoms. The lowest BCUT2D eigenvalue weighted by Crippen LogP contribution is -2.17. The fraction of sp³-hybridized carbons (Fsp3) is 0.364. The van der Waals surface area contributed by atoms with E-state index >= 15 is 0 Å². The molecule has 18 heavy (non-hydrogen) atoms. The molecule has 0 heterocycles. The molecule has 0 amide bonds. The van der Waals surface area contributed by atoms with E-state index in [1.807, 2.05) is 0 Å². The second kappa shape index (κ2) is 6.33. The van der Waals surface area contributed by atoms with Crippen LogP contribution in [0.4, 0.5) is 13.2 Å². The molecule has 0 aliphatic carbocycles. The first-order valence-electron chi connectivity index (χ1n) is 4.86. The standard InChI is InChI=1S/C11H10ClF3O2S/c1-18-10-5-9(17-11(13,14)15)3-2-7(10)4-8(16)6-12/h2-3,5H,4,6H2,1H3. The van der Waals surface area contributed by atoms with Crippen molar-refractivity contribution in [3.63, 3.8) is 0 Å². The molecule has 1 rings (SSSR count). The molecule has 2 nitrogen and oxygen atoms in total. The van der Waals surface area contributed by atoms with E-state index in [0.29, 0.717) is 10.5 Å². The molecule has 7 heteroatoms. The van der Waals surface area contributed by atoms with Gasteiger partial charge in [0.1, 0.15) is 5.75 Å². The monoisotopic (exact) mass is 298 g/mol. The Bertz CT molecular complexity index is 435. The molecule has 0 atom stereocenters. The summed E-state index contributed by atoms with van der Waals surface area (Å²) in [5.74, 6) is -0.598. The van der Waals surface area contributed by atoms with Crippen molar-refractivity contribution in [2.45, 2.75) is 17.7 Å². The Labute approximate surface area is 111 Å². The SMILES string of the molecule is CSc1cc(OC(F)(F)F)ccc1CC(=O)CCl. The van der Waals surface area contributed by atoms with Crippen molar-refractivity contribution in [2.24, 2.45) is 0 Å². The van der Waals surface area contributed by atoms with Gasteiger partial charge in [-0.15, -0.1) is 36.5 Å². The maximum absolute atomic E-state index is 12.0. The number of benzene rings is 1. The molecule has 0 saturated carbocycles. The zero-order valence-corrected chi connectivity index (χ0v) is 11.0. The predicted octanol–water partition coefficient (Wildman–Crippen LogP) is 3.66. The third-order valence-electron chi connectivity index (χ3n) is 2.03. The number of ketones is 1. The first-order valence-corrected chi connectivity index (χ1v) is 6.62. The van der Waals surface area contributed by atoms with Crippen molar-refractivity contribution in [1.29, 1.82) is 0 Å². The topological polar surface area (TPSA) is 26.3 Å². The van der Waals surface area contributed by atoms with Crippen LogP contribution < -0.4 is 4.74 Å². The van der Waals surface area contributed by atoms with Crippen molar-refractivity contribution in [1.82, 2.24) is 0 Å². The lowest BCUT2D eigenvalue weighted by Gasteiger charge is -2.12. The molecule has 0 radical (unpaired) electrons. The van der Waals surface area contributed by atoms with Gasteiger partial charge in [-0.2, -0.15) is 0 Å². The summed E-state index contributed by atoms with van der Waals surface area (Å²) < 4.78 is 39.9. The summed E-state index contributed by atoms with van der Waals surface area (Å²) in [6, 6.07) is 3.89. The highest BCUT2D eigenvalue weighted by molar-refractivity contribution is 7.98. The number of carbonyl (C=O) groups excluding carboxylic acids is 1. The zero-order chi connectivity index (χ0) is 13.8. The molecule has 0 saturated heterocycles. The summed E-state index contributed by atoms with van der Waals surface area (Å²) in [5, 5.41) is 0. The first-order chi connectivity index (χ1) is 8.35. The lowest BCUT2D eigenvalue weighted by molar-refractivity contribution is -0.274. The van der Waals surface area contributed by atoms with Gasteiger partial charge in [0.2, 0.25) is 0 Å². The van der Waals surface area contributed by atoms with E-state index in [0.717, 1.165) is 0 Å². The molecule has 0 spiro atoms. The number of carbonyl (C=O) groups is 1. The minimum atomic E-state index is -4.72. The number of hydrogen-bond acceptors (Lipinski definition) is 3. The van der Waals surface area contributed by atoms with Crippen LogP contribution in [0.1, 0.15) is 5.56 Å². The summed E-state index contributed by atoms with van der Waals surface area (Å²) >= 11 is 6.63. The smallest absolute Gasteiger partial charge is 0.406 e. The van der Waals surface area contributed by atoms with E-state index in [4.69, 9.17) is 11.6 Å². The summed E-state index contributed by atoms with van der Waals surface area (Å²) in [4.78, 5) is 11.8. The Balaban J connectivity index is 2.93. The van der Waals surface area contributed by atoms with Gasteiger partial charge < -0.3 is 4.74 Å². The molecule has 0 aliphatic rings. The van der Waals surface area contributed by atoms with Crippen molar-refractivity contribution >= 4 is 29.1 Å². The van der Waals surface area contributed by atoms with Crippen LogP contribution in [-0.4, -0.2) is 24.3 Å². The van der Waals surface area contributed by atoms with E-state index < -0.39 is 6.36 Å². The Kier molecular flexibility index (Phi) is 5.34. The molecule has 0 unspecified atom stereocenters. The van der Waals surface area contributed by atoms with E-state index in [1.165, 1.54) is 30.0 Å². The van der Waals surface area contributed by atoms with Crippen LogP contribution in [-0.2, 0) is 11.2 Å². The van der Waals surface area contributed by atoms with Crippen molar-refractivity contribution in [2.75, 3.05) is 12.1 Å². The van der Waals surface area contributed by atoms with Gasteiger partial charge in [-0.1, -0.05) is 6.07 Å². The zero-order valence-electron chi connectivity index (χ0n) is 9.38. The summed E-state index contributed by atoms with van der Waals surface area (Å²) in [5.41, 5.74) is 0.641. The molecule has 1 aromatic carbocycles. The highest BCUT2D eigenvalue weighted by Crippen LogP contribution is 2.29. The summed E-state index contributed by atoms with van der Waals surface area (Å²) in [6.45, 7) is 0. The largest absolute Gasteiger partial charge is 0.573 e. The van der Waals surface area contributed by atoms with Gasteiger partial charge >= 0.3 is 6.36 Å². The van der Waals surface area contributed by atoms with Crippen LogP contribution in [0.25, 0.3) is 0 Å². The maximum atomic E-state index is 12.0. The Morgan fingerprint density at radius 2 is 2.11 bits per heavy atom. The van der Waals surface area contributed by atoms with Crippen molar-refractivity contribution in [3.05, 3.63) is 23.8 Å². The average molecular weight is 299 g/mol. The molecular weight excluding hydrogens is 289 g/mol. The van der Waals surface area contributed by atoms with E-state index in [-0.39, 0.29) is 23.8 Å². The minimum absolute atomic E-state index is 0.103. The van der Waals surface area contributed by atoms with Gasteiger partial charge in [0.15, 0.2) is 5.78 Å². The second-order valence-corrected chi connectivity index (χ2v) is 4.49. The van der Waals surface area contributed by atoms with Crippen LogP contribution in [0.5, 0.6) is 5.75 Å². The third kappa shape index (κ3) is 4.78. The number of rotatable bonds is 5.